The lowest BCUT2D eigenvalue weighted by atomic mass is 10.0. The first-order chi connectivity index (χ1) is 9.93. The monoisotopic (exact) mass is 302 g/mol. The van der Waals surface area contributed by atoms with Crippen LogP contribution < -0.4 is 0 Å². The van der Waals surface area contributed by atoms with Gasteiger partial charge in [-0.2, -0.15) is 0 Å². The van der Waals surface area contributed by atoms with Crippen LogP contribution in [0.25, 0.3) is 0 Å². The van der Waals surface area contributed by atoms with Crippen molar-refractivity contribution in [3.05, 3.63) is 12.2 Å². The Kier molecular flexibility index (Phi) is 10.3. The lowest BCUT2D eigenvalue weighted by Crippen LogP contribution is -2.45. The molecule has 5 heteroatoms. The van der Waals surface area contributed by atoms with Crippen LogP contribution in [0.5, 0.6) is 0 Å². The van der Waals surface area contributed by atoms with E-state index in [4.69, 9.17) is 18.9 Å². The van der Waals surface area contributed by atoms with E-state index in [9.17, 15) is 4.79 Å². The van der Waals surface area contributed by atoms with Crippen molar-refractivity contribution in [2.75, 3.05) is 26.4 Å². The van der Waals surface area contributed by atoms with Crippen molar-refractivity contribution >= 4 is 5.97 Å². The van der Waals surface area contributed by atoms with Gasteiger partial charge in [-0.3, -0.25) is 0 Å². The molecule has 0 radical (unpaired) electrons. The molecule has 0 spiro atoms. The van der Waals surface area contributed by atoms with Crippen LogP contribution in [0, 0.1) is 5.92 Å². The molecule has 0 aliphatic rings. The Morgan fingerprint density at radius 2 is 1.57 bits per heavy atom. The summed E-state index contributed by atoms with van der Waals surface area (Å²) < 4.78 is 22.3. The van der Waals surface area contributed by atoms with Gasteiger partial charge in [0, 0.05) is 31.3 Å². The molecule has 5 nitrogen and oxygen atoms in total. The van der Waals surface area contributed by atoms with Crippen LogP contribution >= 0.6 is 0 Å². The first kappa shape index (κ1) is 20.1. The Morgan fingerprint density at radius 3 is 1.95 bits per heavy atom. The van der Waals surface area contributed by atoms with Gasteiger partial charge in [0.1, 0.15) is 0 Å². The van der Waals surface area contributed by atoms with Crippen LogP contribution in [-0.4, -0.2) is 38.4 Å². The Labute approximate surface area is 128 Å². The number of hydrogen-bond donors (Lipinski definition) is 0. The van der Waals surface area contributed by atoms with Crippen LogP contribution in [0.3, 0.4) is 0 Å². The third kappa shape index (κ3) is 7.07. The zero-order chi connectivity index (χ0) is 16.3. The molecule has 0 aromatic heterocycles. The lowest BCUT2D eigenvalue weighted by molar-refractivity contribution is -0.400. The average molecular weight is 302 g/mol. The summed E-state index contributed by atoms with van der Waals surface area (Å²) in [5.74, 6) is -1.34. The summed E-state index contributed by atoms with van der Waals surface area (Å²) in [7, 11) is 0. The Morgan fingerprint density at radius 1 is 1.10 bits per heavy atom. The zero-order valence-corrected chi connectivity index (χ0v) is 14.1. The van der Waals surface area contributed by atoms with Crippen LogP contribution in [0.4, 0.5) is 0 Å². The van der Waals surface area contributed by atoms with Gasteiger partial charge >= 0.3 is 5.97 Å². The van der Waals surface area contributed by atoms with Crippen molar-refractivity contribution in [1.29, 1.82) is 0 Å². The fraction of sp³-hybridized carbons (Fsp3) is 0.812. The molecule has 21 heavy (non-hydrogen) atoms. The topological polar surface area (TPSA) is 54.0 Å². The SMILES string of the molecule is C=C(C)C(=O)OCCCC(C)C(OCC)(OCC)OCC. The van der Waals surface area contributed by atoms with Crippen molar-refractivity contribution < 1.29 is 23.7 Å². The molecule has 1 atom stereocenters. The highest BCUT2D eigenvalue weighted by Gasteiger charge is 2.38. The molecule has 0 rings (SSSR count). The zero-order valence-electron chi connectivity index (χ0n) is 14.1. The van der Waals surface area contributed by atoms with E-state index in [0.717, 1.165) is 12.8 Å². The molecule has 0 aromatic carbocycles. The van der Waals surface area contributed by atoms with Gasteiger partial charge in [-0.15, -0.1) is 0 Å². The van der Waals surface area contributed by atoms with Gasteiger partial charge in [-0.05, 0) is 40.5 Å². The number of ether oxygens (including phenoxy) is 4. The van der Waals surface area contributed by atoms with E-state index in [1.54, 1.807) is 6.92 Å². The van der Waals surface area contributed by atoms with E-state index in [-0.39, 0.29) is 11.9 Å². The molecule has 0 saturated heterocycles. The van der Waals surface area contributed by atoms with Gasteiger partial charge < -0.3 is 18.9 Å². The summed E-state index contributed by atoms with van der Waals surface area (Å²) in [5.41, 5.74) is 0.412. The van der Waals surface area contributed by atoms with Gasteiger partial charge in [-0.25, -0.2) is 4.79 Å². The fourth-order valence-electron chi connectivity index (χ4n) is 2.01. The van der Waals surface area contributed by atoms with E-state index < -0.39 is 5.97 Å². The maximum atomic E-state index is 11.3. The molecule has 0 aromatic rings. The summed E-state index contributed by atoms with van der Waals surface area (Å²) >= 11 is 0. The van der Waals surface area contributed by atoms with Gasteiger partial charge in [0.25, 0.3) is 5.97 Å². The maximum absolute atomic E-state index is 11.3. The van der Waals surface area contributed by atoms with Crippen LogP contribution in [0.1, 0.15) is 47.5 Å². The highest BCUT2D eigenvalue weighted by atomic mass is 16.9. The van der Waals surface area contributed by atoms with Crippen molar-refractivity contribution in [3.63, 3.8) is 0 Å². The van der Waals surface area contributed by atoms with E-state index in [1.165, 1.54) is 0 Å². The Hall–Kier alpha value is -0.910. The summed E-state index contributed by atoms with van der Waals surface area (Å²) in [5, 5.41) is 0. The summed E-state index contributed by atoms with van der Waals surface area (Å²) in [6.07, 6.45) is 1.48. The molecule has 0 aliphatic carbocycles. The number of rotatable bonds is 12. The lowest BCUT2D eigenvalue weighted by Gasteiger charge is -2.37. The smallest absolute Gasteiger partial charge is 0.333 e. The molecule has 0 bridgehead atoms. The fourth-order valence-corrected chi connectivity index (χ4v) is 2.01. The number of carbonyl (C=O) groups is 1. The molecule has 0 heterocycles. The summed E-state index contributed by atoms with van der Waals surface area (Å²) in [6.45, 7) is 14.8. The molecule has 1 unspecified atom stereocenters. The second-order valence-electron chi connectivity index (χ2n) is 4.86. The van der Waals surface area contributed by atoms with Crippen LogP contribution in [-0.2, 0) is 23.7 Å². The van der Waals surface area contributed by atoms with E-state index in [0.29, 0.717) is 32.0 Å². The average Bonchev–Trinajstić information content (AvgIpc) is 2.43. The normalized spacial score (nSPS) is 13.0. The van der Waals surface area contributed by atoms with Crippen molar-refractivity contribution in [3.8, 4) is 0 Å². The molecular weight excluding hydrogens is 272 g/mol. The third-order valence-electron chi connectivity index (χ3n) is 3.00. The second kappa shape index (κ2) is 10.8. The second-order valence-corrected chi connectivity index (χ2v) is 4.86. The van der Waals surface area contributed by atoms with Gasteiger partial charge in [0.05, 0.1) is 6.61 Å². The van der Waals surface area contributed by atoms with Crippen molar-refractivity contribution in [2.45, 2.75) is 53.4 Å². The van der Waals surface area contributed by atoms with Crippen LogP contribution in [0.2, 0.25) is 0 Å². The minimum absolute atomic E-state index is 0.0286. The third-order valence-corrected chi connectivity index (χ3v) is 3.00. The number of carbonyl (C=O) groups excluding carboxylic acids is 1. The Balaban J connectivity index is 4.42. The van der Waals surface area contributed by atoms with Gasteiger partial charge in [0.15, 0.2) is 0 Å². The minimum atomic E-state index is -1.02. The van der Waals surface area contributed by atoms with Crippen LogP contribution in [0.15, 0.2) is 12.2 Å². The first-order valence-electron chi connectivity index (χ1n) is 7.67. The molecule has 0 amide bonds. The molecule has 124 valence electrons. The highest BCUT2D eigenvalue weighted by Crippen LogP contribution is 2.29. The minimum Gasteiger partial charge on any atom is -0.462 e. The van der Waals surface area contributed by atoms with Crippen molar-refractivity contribution in [1.82, 2.24) is 0 Å². The first-order valence-corrected chi connectivity index (χ1v) is 7.67. The number of esters is 1. The summed E-state index contributed by atoms with van der Waals surface area (Å²) in [4.78, 5) is 11.3. The van der Waals surface area contributed by atoms with E-state index >= 15 is 0 Å². The maximum Gasteiger partial charge on any atom is 0.333 e. The summed E-state index contributed by atoms with van der Waals surface area (Å²) in [6, 6.07) is 0. The van der Waals surface area contributed by atoms with Gasteiger partial charge in [-0.1, -0.05) is 13.5 Å². The molecule has 0 aliphatic heterocycles. The molecule has 0 saturated carbocycles. The highest BCUT2D eigenvalue weighted by molar-refractivity contribution is 5.86. The standard InChI is InChI=1S/C16H30O5/c1-7-19-16(20-8-2,21-9-3)14(6)11-10-12-18-15(17)13(4)5/h14H,4,7-12H2,1-3,5-6H3. The largest absolute Gasteiger partial charge is 0.462 e. The van der Waals surface area contributed by atoms with Gasteiger partial charge in [0.2, 0.25) is 0 Å². The molecule has 0 N–H and O–H groups in total. The Bertz CT molecular complexity index is 297. The predicted octanol–water partition coefficient (Wildman–Crippen LogP) is 3.29. The van der Waals surface area contributed by atoms with E-state index in [1.807, 2.05) is 27.7 Å². The molecule has 0 fully saturated rings. The number of hydrogen-bond acceptors (Lipinski definition) is 5. The quantitative estimate of drug-likeness (QED) is 0.240. The molecular formula is C16H30O5. The van der Waals surface area contributed by atoms with E-state index in [2.05, 4.69) is 6.58 Å². The van der Waals surface area contributed by atoms with Crippen molar-refractivity contribution in [2.24, 2.45) is 5.92 Å². The predicted molar refractivity (Wildman–Crippen MR) is 81.8 cm³/mol.